The van der Waals surface area contributed by atoms with Crippen LogP contribution < -0.4 is 25.0 Å². The second-order valence-electron chi connectivity index (χ2n) is 6.57. The number of nitrogens with zero attached hydrogens (tertiary/aromatic N) is 1. The van der Waals surface area contributed by atoms with Crippen molar-refractivity contribution >= 4 is 24.1 Å². The Morgan fingerprint density at radius 1 is 1.03 bits per heavy atom. The number of ether oxygens (including phenoxy) is 3. The number of hydrogen-bond donors (Lipinski definition) is 2. The number of nitrogens with one attached hydrogen (secondary N) is 2. The fourth-order valence-electron chi connectivity index (χ4n) is 2.84. The third-order valence-corrected chi connectivity index (χ3v) is 4.44. The first-order chi connectivity index (χ1) is 15.6. The summed E-state index contributed by atoms with van der Waals surface area (Å²) in [6, 6.07) is 15.4. The maximum atomic E-state index is 12.8. The Kier molecular flexibility index (Phi) is 6.17. The van der Waals surface area contributed by atoms with Crippen molar-refractivity contribution in [1.29, 1.82) is 0 Å². The number of rotatable bonds is 7. The van der Waals surface area contributed by atoms with Gasteiger partial charge in [0.1, 0.15) is 11.4 Å². The monoisotopic (exact) mass is 433 g/mol. The minimum absolute atomic E-state index is 0.0304. The summed E-state index contributed by atoms with van der Waals surface area (Å²) < 4.78 is 20.9. The van der Waals surface area contributed by atoms with Crippen molar-refractivity contribution in [3.63, 3.8) is 0 Å². The average Bonchev–Trinajstić information content (AvgIpc) is 3.51. The van der Waals surface area contributed by atoms with Crippen LogP contribution in [0.3, 0.4) is 0 Å². The van der Waals surface area contributed by atoms with E-state index in [-0.39, 0.29) is 18.3 Å². The molecule has 2 amide bonds. The van der Waals surface area contributed by atoms with Gasteiger partial charge in [0.2, 0.25) is 6.79 Å². The first-order valence-electron chi connectivity index (χ1n) is 9.56. The van der Waals surface area contributed by atoms with E-state index in [1.165, 1.54) is 24.6 Å². The lowest BCUT2D eigenvalue weighted by Crippen LogP contribution is -2.32. The van der Waals surface area contributed by atoms with Gasteiger partial charge < -0.3 is 23.9 Å². The molecule has 162 valence electrons. The molecule has 1 aliphatic rings. The third kappa shape index (κ3) is 4.96. The van der Waals surface area contributed by atoms with E-state index in [0.29, 0.717) is 22.8 Å². The molecular weight excluding hydrogens is 414 g/mol. The lowest BCUT2D eigenvalue weighted by Gasteiger charge is -2.08. The second kappa shape index (κ2) is 9.52. The van der Waals surface area contributed by atoms with Gasteiger partial charge >= 0.3 is 0 Å². The highest BCUT2D eigenvalue weighted by molar-refractivity contribution is 6.04. The van der Waals surface area contributed by atoms with Crippen LogP contribution in [0.4, 0.5) is 0 Å². The number of hydrogen-bond acceptors (Lipinski definition) is 7. The maximum Gasteiger partial charge on any atom is 0.291 e. The third-order valence-electron chi connectivity index (χ3n) is 4.44. The van der Waals surface area contributed by atoms with Crippen molar-refractivity contribution in [3.05, 3.63) is 83.4 Å². The van der Waals surface area contributed by atoms with Crippen LogP contribution >= 0.6 is 0 Å². The van der Waals surface area contributed by atoms with Gasteiger partial charge in [-0.15, -0.1) is 0 Å². The van der Waals surface area contributed by atoms with E-state index in [4.69, 9.17) is 18.6 Å². The minimum atomic E-state index is -0.618. The first-order valence-corrected chi connectivity index (χ1v) is 9.56. The smallest absolute Gasteiger partial charge is 0.291 e. The topological polar surface area (TPSA) is 111 Å². The number of carbonyl (C=O) groups is 2. The molecule has 9 nitrogen and oxygen atoms in total. The van der Waals surface area contributed by atoms with E-state index in [2.05, 4.69) is 15.8 Å². The molecule has 0 saturated carbocycles. The summed E-state index contributed by atoms with van der Waals surface area (Å²) in [5.74, 6) is 0.741. The Bertz CT molecular complexity index is 1170. The number of hydrazone groups is 1. The van der Waals surface area contributed by atoms with Gasteiger partial charge in [-0.1, -0.05) is 6.07 Å². The molecule has 2 heterocycles. The molecule has 0 radical (unpaired) electrons. The number of benzene rings is 2. The molecule has 1 aliphatic heterocycles. The summed E-state index contributed by atoms with van der Waals surface area (Å²) in [5, 5.41) is 6.51. The van der Waals surface area contributed by atoms with Gasteiger partial charge in [0.05, 0.1) is 19.6 Å². The van der Waals surface area contributed by atoms with Crippen LogP contribution in [0.1, 0.15) is 21.7 Å². The molecule has 0 fully saturated rings. The van der Waals surface area contributed by atoms with Gasteiger partial charge in [-0.3, -0.25) is 9.59 Å². The van der Waals surface area contributed by atoms with Crippen LogP contribution in [0.15, 0.2) is 76.1 Å². The quantitative estimate of drug-likeness (QED) is 0.337. The van der Waals surface area contributed by atoms with Crippen LogP contribution in [-0.2, 0) is 4.79 Å². The predicted octanol–water partition coefficient (Wildman–Crippen LogP) is 2.94. The highest BCUT2D eigenvalue weighted by Gasteiger charge is 2.18. The number of furan rings is 1. The summed E-state index contributed by atoms with van der Waals surface area (Å²) in [5.41, 5.74) is 3.76. The van der Waals surface area contributed by atoms with Crippen molar-refractivity contribution in [2.75, 3.05) is 13.9 Å². The summed E-state index contributed by atoms with van der Waals surface area (Å²) in [4.78, 5) is 25.2. The zero-order chi connectivity index (χ0) is 22.3. The zero-order valence-electron chi connectivity index (χ0n) is 17.0. The highest BCUT2D eigenvalue weighted by Crippen LogP contribution is 2.33. The van der Waals surface area contributed by atoms with Gasteiger partial charge in [-0.05, 0) is 65.7 Å². The summed E-state index contributed by atoms with van der Waals surface area (Å²) in [6.07, 6.45) is 4.35. The normalized spacial score (nSPS) is 12.6. The molecule has 0 bridgehead atoms. The van der Waals surface area contributed by atoms with Gasteiger partial charge in [-0.2, -0.15) is 5.10 Å². The molecule has 3 aromatic rings. The van der Waals surface area contributed by atoms with Crippen LogP contribution in [0.2, 0.25) is 0 Å². The Labute approximate surface area is 183 Å². The molecule has 2 aromatic carbocycles. The van der Waals surface area contributed by atoms with Crippen LogP contribution in [-0.4, -0.2) is 31.9 Å². The van der Waals surface area contributed by atoms with Crippen molar-refractivity contribution in [2.24, 2.45) is 5.10 Å². The molecule has 0 unspecified atom stereocenters. The van der Waals surface area contributed by atoms with Crippen molar-refractivity contribution in [3.8, 4) is 17.2 Å². The summed E-state index contributed by atoms with van der Waals surface area (Å²) in [6.45, 7) is 0.130. The first kappa shape index (κ1) is 20.7. The van der Waals surface area contributed by atoms with Gasteiger partial charge in [0.15, 0.2) is 17.3 Å². The van der Waals surface area contributed by atoms with E-state index in [1.807, 2.05) is 0 Å². The van der Waals surface area contributed by atoms with Crippen molar-refractivity contribution < 1.29 is 28.2 Å². The van der Waals surface area contributed by atoms with Crippen molar-refractivity contribution in [2.45, 2.75) is 0 Å². The number of carbonyl (C=O) groups excluding carboxylic acids is 2. The predicted molar refractivity (Wildman–Crippen MR) is 115 cm³/mol. The molecule has 0 spiro atoms. The molecule has 4 rings (SSSR count). The molecule has 0 atom stereocenters. The molecule has 9 heteroatoms. The Hall–Kier alpha value is -4.53. The molecule has 1 aromatic heterocycles. The lowest BCUT2D eigenvalue weighted by molar-refractivity contribution is -0.117. The molecular formula is C23H19N3O6. The van der Waals surface area contributed by atoms with E-state index in [0.717, 1.165) is 5.56 Å². The number of amides is 2. The fourth-order valence-corrected chi connectivity index (χ4v) is 2.84. The SMILES string of the molecule is COc1ccc(C=NNC(=O)C(=Cc2ccc3c(c2)OCO3)NC(=O)c2ccco2)cc1. The number of methoxy groups -OCH3 is 1. The largest absolute Gasteiger partial charge is 0.497 e. The summed E-state index contributed by atoms with van der Waals surface area (Å²) >= 11 is 0. The van der Waals surface area contributed by atoms with Crippen molar-refractivity contribution in [1.82, 2.24) is 10.7 Å². The van der Waals surface area contributed by atoms with Crippen LogP contribution in [0, 0.1) is 0 Å². The number of fused-ring (bicyclic) bond motifs is 1. The minimum Gasteiger partial charge on any atom is -0.497 e. The molecule has 0 saturated heterocycles. The van der Waals surface area contributed by atoms with Gasteiger partial charge in [0, 0.05) is 0 Å². The van der Waals surface area contributed by atoms with Crippen LogP contribution in [0.5, 0.6) is 17.2 Å². The fraction of sp³-hybridized carbons (Fsp3) is 0.0870. The Morgan fingerprint density at radius 2 is 1.81 bits per heavy atom. The van der Waals surface area contributed by atoms with E-state index in [9.17, 15) is 9.59 Å². The van der Waals surface area contributed by atoms with E-state index >= 15 is 0 Å². The lowest BCUT2D eigenvalue weighted by atomic mass is 10.1. The Balaban J connectivity index is 1.52. The summed E-state index contributed by atoms with van der Waals surface area (Å²) in [7, 11) is 1.58. The van der Waals surface area contributed by atoms with Gasteiger partial charge in [-0.25, -0.2) is 5.43 Å². The Morgan fingerprint density at radius 3 is 2.56 bits per heavy atom. The molecule has 2 N–H and O–H groups in total. The average molecular weight is 433 g/mol. The standard InChI is InChI=1S/C23H19N3O6/c1-29-17-7-4-15(5-8-17)13-24-26-22(27)18(25-23(28)20-3-2-10-30-20)11-16-6-9-19-21(12-16)32-14-31-19/h2-13H,14H2,1H3,(H,25,28)(H,26,27). The van der Waals surface area contributed by atoms with Crippen LogP contribution in [0.25, 0.3) is 6.08 Å². The zero-order valence-corrected chi connectivity index (χ0v) is 17.0. The maximum absolute atomic E-state index is 12.8. The molecule has 0 aliphatic carbocycles. The van der Waals surface area contributed by atoms with E-state index in [1.54, 1.807) is 55.6 Å². The molecule has 32 heavy (non-hydrogen) atoms. The van der Waals surface area contributed by atoms with E-state index < -0.39 is 11.8 Å². The second-order valence-corrected chi connectivity index (χ2v) is 6.57. The highest BCUT2D eigenvalue weighted by atomic mass is 16.7. The van der Waals surface area contributed by atoms with Gasteiger partial charge in [0.25, 0.3) is 11.8 Å².